The molecule has 0 saturated heterocycles. The molecule has 2 rings (SSSR count). The van der Waals surface area contributed by atoms with Gasteiger partial charge in [-0.3, -0.25) is 4.79 Å². The zero-order chi connectivity index (χ0) is 15.4. The molecule has 0 spiro atoms. The topological polar surface area (TPSA) is 60.3 Å². The fraction of sp³-hybridized carbons (Fsp3) is 0.250. The standard InChI is InChI=1S/C16H18N2O3/c1-11-6-4-7-12(2)15(11)17-14(19)10-21-16(20)13-8-5-9-18(13)3/h4-9H,10H2,1-3H3,(H,17,19). The van der Waals surface area contributed by atoms with Gasteiger partial charge in [-0.05, 0) is 37.1 Å². The number of hydrogen-bond acceptors (Lipinski definition) is 3. The number of aromatic nitrogens is 1. The third-order valence-corrected chi connectivity index (χ3v) is 3.23. The first kappa shape index (κ1) is 14.8. The van der Waals surface area contributed by atoms with Crippen LogP contribution in [0, 0.1) is 13.8 Å². The normalized spacial score (nSPS) is 10.2. The third kappa shape index (κ3) is 3.51. The number of nitrogens with zero attached hydrogens (tertiary/aromatic N) is 1. The van der Waals surface area contributed by atoms with Crippen molar-refractivity contribution in [2.45, 2.75) is 13.8 Å². The Bertz CT molecular complexity index is 654. The van der Waals surface area contributed by atoms with Crippen LogP contribution >= 0.6 is 0 Å². The molecule has 0 saturated carbocycles. The number of aryl methyl sites for hydroxylation is 3. The number of benzene rings is 1. The lowest BCUT2D eigenvalue weighted by atomic mass is 10.1. The Labute approximate surface area is 123 Å². The van der Waals surface area contributed by atoms with Gasteiger partial charge >= 0.3 is 5.97 Å². The van der Waals surface area contributed by atoms with E-state index in [4.69, 9.17) is 4.74 Å². The van der Waals surface area contributed by atoms with E-state index in [1.165, 1.54) is 0 Å². The van der Waals surface area contributed by atoms with Crippen LogP contribution < -0.4 is 5.32 Å². The summed E-state index contributed by atoms with van der Waals surface area (Å²) >= 11 is 0. The molecule has 0 fully saturated rings. The molecule has 0 unspecified atom stereocenters. The lowest BCUT2D eigenvalue weighted by Crippen LogP contribution is -2.22. The van der Waals surface area contributed by atoms with Crippen LogP contribution in [0.3, 0.4) is 0 Å². The second kappa shape index (κ2) is 6.26. The average molecular weight is 286 g/mol. The predicted octanol–water partition coefficient (Wildman–Crippen LogP) is 2.44. The Morgan fingerprint density at radius 1 is 1.14 bits per heavy atom. The van der Waals surface area contributed by atoms with E-state index in [9.17, 15) is 9.59 Å². The van der Waals surface area contributed by atoms with Gasteiger partial charge in [0.25, 0.3) is 5.91 Å². The second-order valence-corrected chi connectivity index (χ2v) is 4.90. The van der Waals surface area contributed by atoms with Crippen molar-refractivity contribution < 1.29 is 14.3 Å². The first-order valence-corrected chi connectivity index (χ1v) is 6.63. The van der Waals surface area contributed by atoms with Crippen LogP contribution in [0.2, 0.25) is 0 Å². The van der Waals surface area contributed by atoms with Crippen LogP contribution in [0.25, 0.3) is 0 Å². The molecule has 0 bridgehead atoms. The van der Waals surface area contributed by atoms with Crippen molar-refractivity contribution in [3.63, 3.8) is 0 Å². The highest BCUT2D eigenvalue weighted by atomic mass is 16.5. The third-order valence-electron chi connectivity index (χ3n) is 3.23. The zero-order valence-corrected chi connectivity index (χ0v) is 12.3. The van der Waals surface area contributed by atoms with Crippen molar-refractivity contribution in [3.8, 4) is 0 Å². The van der Waals surface area contributed by atoms with Crippen LogP contribution in [0.4, 0.5) is 5.69 Å². The number of esters is 1. The van der Waals surface area contributed by atoms with Crippen molar-refractivity contribution in [2.75, 3.05) is 11.9 Å². The number of carbonyl (C=O) groups is 2. The number of hydrogen-bond donors (Lipinski definition) is 1. The number of carbonyl (C=O) groups excluding carboxylic acids is 2. The summed E-state index contributed by atoms with van der Waals surface area (Å²) in [5.41, 5.74) is 3.11. The molecule has 0 aliphatic carbocycles. The number of ether oxygens (including phenoxy) is 1. The summed E-state index contributed by atoms with van der Waals surface area (Å²) in [7, 11) is 1.74. The molecular formula is C16H18N2O3. The van der Waals surface area contributed by atoms with Crippen molar-refractivity contribution >= 4 is 17.6 Å². The van der Waals surface area contributed by atoms with Gasteiger partial charge in [-0.25, -0.2) is 4.79 Å². The average Bonchev–Trinajstić information content (AvgIpc) is 2.87. The van der Waals surface area contributed by atoms with Gasteiger partial charge in [0.15, 0.2) is 6.61 Å². The molecule has 0 atom stereocenters. The molecule has 1 amide bonds. The van der Waals surface area contributed by atoms with Crippen LogP contribution in [0.5, 0.6) is 0 Å². The maximum Gasteiger partial charge on any atom is 0.355 e. The number of anilines is 1. The van der Waals surface area contributed by atoms with Crippen molar-refractivity contribution in [2.24, 2.45) is 7.05 Å². The minimum atomic E-state index is -0.515. The van der Waals surface area contributed by atoms with Gasteiger partial charge in [-0.1, -0.05) is 18.2 Å². The van der Waals surface area contributed by atoms with Crippen molar-refractivity contribution in [1.29, 1.82) is 0 Å². The van der Waals surface area contributed by atoms with Crippen molar-refractivity contribution in [1.82, 2.24) is 4.57 Å². The Morgan fingerprint density at radius 3 is 2.38 bits per heavy atom. The number of para-hydroxylation sites is 1. The molecule has 5 nitrogen and oxygen atoms in total. The fourth-order valence-electron chi connectivity index (χ4n) is 2.07. The Morgan fingerprint density at radius 2 is 1.81 bits per heavy atom. The maximum absolute atomic E-state index is 11.9. The van der Waals surface area contributed by atoms with E-state index in [2.05, 4.69) is 5.32 Å². The van der Waals surface area contributed by atoms with Gasteiger partial charge in [0, 0.05) is 18.9 Å². The summed E-state index contributed by atoms with van der Waals surface area (Å²) in [5.74, 6) is -0.867. The predicted molar refractivity (Wildman–Crippen MR) is 80.2 cm³/mol. The number of rotatable bonds is 4. The number of amides is 1. The van der Waals surface area contributed by atoms with Gasteiger partial charge in [0.1, 0.15) is 5.69 Å². The lowest BCUT2D eigenvalue weighted by molar-refractivity contribution is -0.119. The molecule has 110 valence electrons. The van der Waals surface area contributed by atoms with Gasteiger partial charge in [0.2, 0.25) is 0 Å². The molecule has 1 heterocycles. The largest absolute Gasteiger partial charge is 0.451 e. The molecule has 0 radical (unpaired) electrons. The Hall–Kier alpha value is -2.56. The first-order chi connectivity index (χ1) is 9.99. The van der Waals surface area contributed by atoms with E-state index in [0.29, 0.717) is 5.69 Å². The highest BCUT2D eigenvalue weighted by molar-refractivity contribution is 5.95. The quantitative estimate of drug-likeness (QED) is 0.878. The molecule has 5 heteroatoms. The summed E-state index contributed by atoms with van der Waals surface area (Å²) in [5, 5.41) is 2.77. The monoisotopic (exact) mass is 286 g/mol. The van der Waals surface area contributed by atoms with E-state index < -0.39 is 5.97 Å². The van der Waals surface area contributed by atoms with Crippen LogP contribution in [0.1, 0.15) is 21.6 Å². The molecule has 1 N–H and O–H groups in total. The minimum absolute atomic E-state index is 0.308. The van der Waals surface area contributed by atoms with E-state index in [1.54, 1.807) is 29.9 Å². The lowest BCUT2D eigenvalue weighted by Gasteiger charge is -2.11. The highest BCUT2D eigenvalue weighted by Gasteiger charge is 2.13. The first-order valence-electron chi connectivity index (χ1n) is 6.63. The van der Waals surface area contributed by atoms with E-state index >= 15 is 0 Å². The summed E-state index contributed by atoms with van der Waals surface area (Å²) in [6, 6.07) is 9.14. The molecule has 1 aromatic heterocycles. The van der Waals surface area contributed by atoms with Gasteiger partial charge in [0.05, 0.1) is 0 Å². The van der Waals surface area contributed by atoms with E-state index in [-0.39, 0.29) is 12.5 Å². The molecular weight excluding hydrogens is 268 g/mol. The molecule has 1 aromatic carbocycles. The van der Waals surface area contributed by atoms with Crippen molar-refractivity contribution in [3.05, 3.63) is 53.3 Å². The van der Waals surface area contributed by atoms with Gasteiger partial charge in [-0.15, -0.1) is 0 Å². The minimum Gasteiger partial charge on any atom is -0.451 e. The zero-order valence-electron chi connectivity index (χ0n) is 12.3. The SMILES string of the molecule is Cc1cccc(C)c1NC(=O)COC(=O)c1cccn1C. The molecule has 2 aromatic rings. The highest BCUT2D eigenvalue weighted by Crippen LogP contribution is 2.19. The van der Waals surface area contributed by atoms with Gasteiger partial charge < -0.3 is 14.6 Å². The van der Waals surface area contributed by atoms with E-state index in [0.717, 1.165) is 16.8 Å². The Balaban J connectivity index is 1.94. The summed E-state index contributed by atoms with van der Waals surface area (Å²) < 4.78 is 6.65. The summed E-state index contributed by atoms with van der Waals surface area (Å²) in [4.78, 5) is 23.7. The maximum atomic E-state index is 11.9. The molecule has 0 aliphatic rings. The molecule has 0 aliphatic heterocycles. The van der Waals surface area contributed by atoms with Crippen LogP contribution in [-0.4, -0.2) is 23.1 Å². The van der Waals surface area contributed by atoms with E-state index in [1.807, 2.05) is 32.0 Å². The van der Waals surface area contributed by atoms with Crippen LogP contribution in [-0.2, 0) is 16.6 Å². The summed E-state index contributed by atoms with van der Waals surface area (Å²) in [6.45, 7) is 3.52. The fourth-order valence-corrected chi connectivity index (χ4v) is 2.07. The smallest absolute Gasteiger partial charge is 0.355 e. The van der Waals surface area contributed by atoms with Gasteiger partial charge in [-0.2, -0.15) is 0 Å². The second-order valence-electron chi connectivity index (χ2n) is 4.90. The van der Waals surface area contributed by atoms with Crippen LogP contribution in [0.15, 0.2) is 36.5 Å². The molecule has 21 heavy (non-hydrogen) atoms. The Kier molecular flexibility index (Phi) is 4.42. The summed E-state index contributed by atoms with van der Waals surface area (Å²) in [6.07, 6.45) is 1.74. The number of nitrogens with one attached hydrogen (secondary N) is 1.